The van der Waals surface area contributed by atoms with Gasteiger partial charge in [0.05, 0.1) is 19.3 Å². The van der Waals surface area contributed by atoms with Gasteiger partial charge in [-0.1, -0.05) is 44.9 Å². The van der Waals surface area contributed by atoms with Crippen LogP contribution >= 0.6 is 0 Å². The number of hydrogen-bond acceptors (Lipinski definition) is 4. The van der Waals surface area contributed by atoms with Crippen LogP contribution in [0.5, 0.6) is 5.88 Å². The number of carbonyl (C=O) groups excluding carboxylic acids is 1. The summed E-state index contributed by atoms with van der Waals surface area (Å²) in [5.41, 5.74) is 0.627. The average Bonchev–Trinajstić information content (AvgIpc) is 3.30. The van der Waals surface area contributed by atoms with E-state index in [4.69, 9.17) is 4.74 Å². The molecule has 6 heteroatoms. The predicted octanol–water partition coefficient (Wildman–Crippen LogP) is 5.66. The number of ether oxygens (including phenoxy) is 1. The molecule has 5 rings (SSSR count). The van der Waals surface area contributed by atoms with Crippen LogP contribution in [0.2, 0.25) is 0 Å². The summed E-state index contributed by atoms with van der Waals surface area (Å²) < 4.78 is 8.38. The van der Waals surface area contributed by atoms with Crippen molar-refractivity contribution in [3.8, 4) is 5.88 Å². The molecule has 3 unspecified atom stereocenters. The van der Waals surface area contributed by atoms with E-state index in [-0.39, 0.29) is 11.9 Å². The molecule has 3 atom stereocenters. The van der Waals surface area contributed by atoms with Crippen molar-refractivity contribution in [3.05, 3.63) is 11.8 Å². The second kappa shape index (κ2) is 12.1. The number of hydrogen-bond donors (Lipinski definition) is 1. The number of nitrogens with one attached hydrogen (secondary N) is 1. The zero-order valence-corrected chi connectivity index (χ0v) is 22.1. The first kappa shape index (κ1) is 25.1. The summed E-state index contributed by atoms with van der Waals surface area (Å²) in [6.45, 7) is 7.03. The van der Waals surface area contributed by atoms with Crippen molar-refractivity contribution in [2.45, 2.75) is 109 Å². The molecule has 1 aromatic rings. The van der Waals surface area contributed by atoms with Crippen LogP contribution in [-0.2, 0) is 6.54 Å². The fourth-order valence-corrected chi connectivity index (χ4v) is 7.40. The molecule has 3 saturated carbocycles. The SMILES string of the molecule is CC(NC(=O)c1cnn(CCN2CCCCC2)c1OCC1CCCCC1)C1CC2CCCC(C2)C1. The molecule has 196 valence electrons. The summed E-state index contributed by atoms with van der Waals surface area (Å²) in [7, 11) is 0. The van der Waals surface area contributed by atoms with Gasteiger partial charge < -0.3 is 15.0 Å². The summed E-state index contributed by atoms with van der Waals surface area (Å²) >= 11 is 0. The monoisotopic (exact) mass is 484 g/mol. The summed E-state index contributed by atoms with van der Waals surface area (Å²) in [6.07, 6.45) is 20.3. The van der Waals surface area contributed by atoms with Gasteiger partial charge in [-0.15, -0.1) is 0 Å². The zero-order valence-electron chi connectivity index (χ0n) is 22.1. The summed E-state index contributed by atoms with van der Waals surface area (Å²) in [5, 5.41) is 8.03. The molecule has 1 saturated heterocycles. The molecular formula is C29H48N4O2. The summed E-state index contributed by atoms with van der Waals surface area (Å²) in [6, 6.07) is 0.203. The van der Waals surface area contributed by atoms with E-state index in [0.717, 1.165) is 24.9 Å². The highest BCUT2D eigenvalue weighted by molar-refractivity contribution is 5.96. The summed E-state index contributed by atoms with van der Waals surface area (Å²) in [5.74, 6) is 3.64. The zero-order chi connectivity index (χ0) is 24.0. The van der Waals surface area contributed by atoms with Gasteiger partial charge in [-0.2, -0.15) is 5.10 Å². The largest absolute Gasteiger partial charge is 0.477 e. The number of likely N-dealkylation sites (tertiary alicyclic amines) is 1. The quantitative estimate of drug-likeness (QED) is 0.491. The molecule has 1 aliphatic heterocycles. The molecule has 1 amide bonds. The fourth-order valence-electron chi connectivity index (χ4n) is 7.40. The van der Waals surface area contributed by atoms with Gasteiger partial charge in [0, 0.05) is 12.6 Å². The van der Waals surface area contributed by atoms with Crippen molar-refractivity contribution in [2.75, 3.05) is 26.2 Å². The normalized spacial score (nSPS) is 29.0. The Morgan fingerprint density at radius 1 is 0.971 bits per heavy atom. The molecule has 1 aromatic heterocycles. The van der Waals surface area contributed by atoms with Gasteiger partial charge in [0.2, 0.25) is 5.88 Å². The van der Waals surface area contributed by atoms with E-state index in [1.165, 1.54) is 103 Å². The van der Waals surface area contributed by atoms with Crippen LogP contribution < -0.4 is 10.1 Å². The van der Waals surface area contributed by atoms with E-state index in [0.29, 0.717) is 29.9 Å². The number of rotatable bonds is 9. The molecule has 4 aliphatic rings. The first-order valence-electron chi connectivity index (χ1n) is 14.9. The number of piperidine rings is 1. The second-order valence-electron chi connectivity index (χ2n) is 12.2. The lowest BCUT2D eigenvalue weighted by atomic mass is 9.66. The number of aromatic nitrogens is 2. The number of carbonyl (C=O) groups is 1. The molecule has 0 aromatic carbocycles. The Bertz CT molecular complexity index is 800. The minimum atomic E-state index is -0.00361. The van der Waals surface area contributed by atoms with E-state index in [9.17, 15) is 4.79 Å². The molecule has 0 radical (unpaired) electrons. The van der Waals surface area contributed by atoms with Gasteiger partial charge in [-0.05, 0) is 88.6 Å². The lowest BCUT2D eigenvalue weighted by molar-refractivity contribution is 0.0848. The summed E-state index contributed by atoms with van der Waals surface area (Å²) in [4.78, 5) is 16.0. The van der Waals surface area contributed by atoms with Gasteiger partial charge in [0.15, 0.2) is 0 Å². The van der Waals surface area contributed by atoms with Crippen molar-refractivity contribution < 1.29 is 9.53 Å². The second-order valence-corrected chi connectivity index (χ2v) is 12.2. The van der Waals surface area contributed by atoms with Crippen LogP contribution in [0.1, 0.15) is 107 Å². The van der Waals surface area contributed by atoms with Crippen molar-refractivity contribution in [2.24, 2.45) is 23.7 Å². The molecule has 2 heterocycles. The van der Waals surface area contributed by atoms with Gasteiger partial charge in [0.25, 0.3) is 5.91 Å². The Balaban J connectivity index is 1.24. The van der Waals surface area contributed by atoms with Crippen LogP contribution in [0.4, 0.5) is 0 Å². The number of amides is 1. The number of fused-ring (bicyclic) bond motifs is 2. The van der Waals surface area contributed by atoms with Crippen molar-refractivity contribution in [3.63, 3.8) is 0 Å². The maximum atomic E-state index is 13.5. The molecule has 2 bridgehead atoms. The van der Waals surface area contributed by atoms with Crippen LogP contribution in [-0.4, -0.2) is 52.9 Å². The third-order valence-electron chi connectivity index (χ3n) is 9.52. The van der Waals surface area contributed by atoms with E-state index in [1.54, 1.807) is 6.20 Å². The maximum absolute atomic E-state index is 13.5. The van der Waals surface area contributed by atoms with Crippen molar-refractivity contribution in [1.82, 2.24) is 20.0 Å². The first-order chi connectivity index (χ1) is 17.2. The molecule has 1 N–H and O–H groups in total. The standard InChI is InChI=1S/C29H48N4O2/c1-22(26-18-24-11-8-12-25(17-24)19-26)31-28(34)27-20-30-33(16-15-32-13-6-3-7-14-32)29(27)35-21-23-9-4-2-5-10-23/h20,22-26H,2-19,21H2,1H3,(H,31,34). The highest BCUT2D eigenvalue weighted by Gasteiger charge is 2.35. The van der Waals surface area contributed by atoms with Gasteiger partial charge in [-0.3, -0.25) is 4.79 Å². The van der Waals surface area contributed by atoms with E-state index in [2.05, 4.69) is 22.2 Å². The lowest BCUT2D eigenvalue weighted by Gasteiger charge is -2.41. The average molecular weight is 485 g/mol. The van der Waals surface area contributed by atoms with Gasteiger partial charge >= 0.3 is 0 Å². The molecule has 35 heavy (non-hydrogen) atoms. The van der Waals surface area contributed by atoms with E-state index >= 15 is 0 Å². The Morgan fingerprint density at radius 3 is 2.43 bits per heavy atom. The molecule has 3 aliphatic carbocycles. The van der Waals surface area contributed by atoms with Crippen LogP contribution in [0.25, 0.3) is 0 Å². The third-order valence-corrected chi connectivity index (χ3v) is 9.52. The van der Waals surface area contributed by atoms with Gasteiger partial charge in [-0.25, -0.2) is 4.68 Å². The van der Waals surface area contributed by atoms with Gasteiger partial charge in [0.1, 0.15) is 5.56 Å². The molecular weight excluding hydrogens is 436 g/mol. The van der Waals surface area contributed by atoms with Crippen LogP contribution in [0.3, 0.4) is 0 Å². The minimum absolute atomic E-state index is 0.00361. The highest BCUT2D eigenvalue weighted by Crippen LogP contribution is 2.43. The van der Waals surface area contributed by atoms with E-state index < -0.39 is 0 Å². The maximum Gasteiger partial charge on any atom is 0.258 e. The molecule has 0 spiro atoms. The minimum Gasteiger partial charge on any atom is -0.477 e. The lowest BCUT2D eigenvalue weighted by Crippen LogP contribution is -2.42. The highest BCUT2D eigenvalue weighted by atomic mass is 16.5. The predicted molar refractivity (Wildman–Crippen MR) is 140 cm³/mol. The van der Waals surface area contributed by atoms with Crippen molar-refractivity contribution >= 4 is 5.91 Å². The Hall–Kier alpha value is -1.56. The third kappa shape index (κ3) is 6.61. The van der Waals surface area contributed by atoms with Crippen molar-refractivity contribution in [1.29, 1.82) is 0 Å². The number of nitrogens with zero attached hydrogens (tertiary/aromatic N) is 3. The molecule has 4 fully saturated rings. The van der Waals surface area contributed by atoms with E-state index in [1.807, 2.05) is 4.68 Å². The smallest absolute Gasteiger partial charge is 0.258 e. The molecule has 6 nitrogen and oxygen atoms in total. The topological polar surface area (TPSA) is 59.4 Å². The van der Waals surface area contributed by atoms with Crippen LogP contribution in [0, 0.1) is 23.7 Å². The Kier molecular flexibility index (Phi) is 8.69. The Morgan fingerprint density at radius 2 is 1.69 bits per heavy atom. The first-order valence-corrected chi connectivity index (χ1v) is 14.9. The van der Waals surface area contributed by atoms with Crippen LogP contribution in [0.15, 0.2) is 6.20 Å². The Labute approximate surface area is 212 Å². The fraction of sp³-hybridized carbons (Fsp3) is 0.862.